The van der Waals surface area contributed by atoms with Gasteiger partial charge in [0, 0.05) is 12.6 Å². The van der Waals surface area contributed by atoms with Crippen LogP contribution in [0, 0.1) is 6.92 Å². The van der Waals surface area contributed by atoms with E-state index in [1.54, 1.807) is 6.33 Å². The Morgan fingerprint density at radius 3 is 2.59 bits per heavy atom. The molecule has 4 aromatic rings. The first-order valence-corrected chi connectivity index (χ1v) is 9.59. The van der Waals surface area contributed by atoms with Gasteiger partial charge >= 0.3 is 0 Å². The van der Waals surface area contributed by atoms with E-state index in [-0.39, 0.29) is 0 Å². The van der Waals surface area contributed by atoms with Gasteiger partial charge < -0.3 is 10.3 Å². The van der Waals surface area contributed by atoms with E-state index in [1.807, 2.05) is 0 Å². The van der Waals surface area contributed by atoms with Gasteiger partial charge in [-0.05, 0) is 65.3 Å². The molecule has 1 aliphatic carbocycles. The molecule has 0 unspecified atom stereocenters. The summed E-state index contributed by atoms with van der Waals surface area (Å²) in [6, 6.07) is 22.5. The number of aryl methyl sites for hydroxylation is 1. The maximum absolute atomic E-state index is 4.30. The molecule has 3 nitrogen and oxygen atoms in total. The molecule has 0 spiro atoms. The van der Waals surface area contributed by atoms with Gasteiger partial charge in [-0.1, -0.05) is 48.5 Å². The number of rotatable bonds is 4. The number of benzene rings is 3. The molecular formula is C24H23N3. The van der Waals surface area contributed by atoms with Crippen LogP contribution in [0.5, 0.6) is 0 Å². The number of hydrogen-bond donors (Lipinski definition) is 2. The Balaban J connectivity index is 1.30. The SMILES string of the molecule is Cc1cc(CNC2Cc3ccccc3C2)ccc1-c1ccc2nc[nH]c2c1. The Kier molecular flexibility index (Phi) is 4.02. The number of aromatic nitrogens is 2. The number of nitrogens with one attached hydrogen (secondary N) is 2. The maximum Gasteiger partial charge on any atom is 0.0931 e. The average molecular weight is 353 g/mol. The van der Waals surface area contributed by atoms with Gasteiger partial charge in [0.2, 0.25) is 0 Å². The highest BCUT2D eigenvalue weighted by Gasteiger charge is 2.20. The van der Waals surface area contributed by atoms with Gasteiger partial charge in [0.25, 0.3) is 0 Å². The second kappa shape index (κ2) is 6.67. The van der Waals surface area contributed by atoms with Gasteiger partial charge in [-0.15, -0.1) is 0 Å². The molecule has 1 aliphatic rings. The topological polar surface area (TPSA) is 40.7 Å². The zero-order valence-corrected chi connectivity index (χ0v) is 15.5. The van der Waals surface area contributed by atoms with Gasteiger partial charge in [0.15, 0.2) is 0 Å². The predicted octanol–water partition coefficient (Wildman–Crippen LogP) is 4.80. The number of fused-ring (bicyclic) bond motifs is 2. The van der Waals surface area contributed by atoms with Crippen molar-refractivity contribution >= 4 is 11.0 Å². The van der Waals surface area contributed by atoms with Crippen molar-refractivity contribution in [3.63, 3.8) is 0 Å². The van der Waals surface area contributed by atoms with Crippen molar-refractivity contribution in [3.8, 4) is 11.1 Å². The zero-order chi connectivity index (χ0) is 18.2. The van der Waals surface area contributed by atoms with E-state index in [0.29, 0.717) is 6.04 Å². The van der Waals surface area contributed by atoms with E-state index < -0.39 is 0 Å². The van der Waals surface area contributed by atoms with E-state index in [4.69, 9.17) is 0 Å². The average Bonchev–Trinajstić information content (AvgIpc) is 3.32. The standard InChI is InChI=1S/C24H23N3/c1-16-10-17(14-25-21-11-18-4-2-3-5-19(18)12-21)6-8-22(16)20-7-9-23-24(13-20)27-15-26-23/h2-10,13,15,21,25H,11-12,14H2,1H3,(H,26,27). The fourth-order valence-electron chi connectivity index (χ4n) is 4.23. The molecule has 5 rings (SSSR count). The van der Waals surface area contributed by atoms with Gasteiger partial charge in [0.1, 0.15) is 0 Å². The lowest BCUT2D eigenvalue weighted by atomic mass is 9.98. The minimum atomic E-state index is 0.546. The summed E-state index contributed by atoms with van der Waals surface area (Å²) in [6.07, 6.45) is 4.02. The Labute approximate surface area is 159 Å². The molecule has 0 bridgehead atoms. The number of hydrogen-bond acceptors (Lipinski definition) is 2. The highest BCUT2D eigenvalue weighted by molar-refractivity contribution is 5.82. The summed E-state index contributed by atoms with van der Waals surface area (Å²) in [7, 11) is 0. The van der Waals surface area contributed by atoms with E-state index in [0.717, 1.165) is 30.4 Å². The Morgan fingerprint density at radius 1 is 1.00 bits per heavy atom. The van der Waals surface area contributed by atoms with Crippen molar-refractivity contribution in [2.45, 2.75) is 32.4 Å². The third-order valence-corrected chi connectivity index (χ3v) is 5.67. The normalized spacial score (nSPS) is 14.0. The van der Waals surface area contributed by atoms with Gasteiger partial charge in [-0.25, -0.2) is 4.98 Å². The van der Waals surface area contributed by atoms with Crippen LogP contribution in [0.3, 0.4) is 0 Å². The summed E-state index contributed by atoms with van der Waals surface area (Å²) in [5, 5.41) is 3.74. The summed E-state index contributed by atoms with van der Waals surface area (Å²) < 4.78 is 0. The van der Waals surface area contributed by atoms with E-state index in [9.17, 15) is 0 Å². The van der Waals surface area contributed by atoms with Crippen LogP contribution in [0.1, 0.15) is 22.3 Å². The van der Waals surface area contributed by atoms with E-state index >= 15 is 0 Å². The highest BCUT2D eigenvalue weighted by atomic mass is 14.9. The molecule has 134 valence electrons. The molecule has 0 amide bonds. The fraction of sp³-hybridized carbons (Fsp3) is 0.208. The van der Waals surface area contributed by atoms with Crippen molar-refractivity contribution in [2.24, 2.45) is 0 Å². The molecular weight excluding hydrogens is 330 g/mol. The Morgan fingerprint density at radius 2 is 1.81 bits per heavy atom. The van der Waals surface area contributed by atoms with Crippen molar-refractivity contribution < 1.29 is 0 Å². The number of imidazole rings is 1. The van der Waals surface area contributed by atoms with Crippen LogP contribution < -0.4 is 5.32 Å². The molecule has 1 heterocycles. The quantitative estimate of drug-likeness (QED) is 0.553. The third kappa shape index (κ3) is 3.15. The van der Waals surface area contributed by atoms with Crippen LogP contribution in [0.25, 0.3) is 22.2 Å². The Hall–Kier alpha value is -2.91. The fourth-order valence-corrected chi connectivity index (χ4v) is 4.23. The summed E-state index contributed by atoms with van der Waals surface area (Å²) in [6.45, 7) is 3.11. The molecule has 0 saturated heterocycles. The molecule has 0 saturated carbocycles. The van der Waals surface area contributed by atoms with Gasteiger partial charge in [-0.3, -0.25) is 0 Å². The lowest BCUT2D eigenvalue weighted by Crippen LogP contribution is -2.28. The summed E-state index contributed by atoms with van der Waals surface area (Å²) in [4.78, 5) is 7.50. The zero-order valence-electron chi connectivity index (χ0n) is 15.5. The molecule has 0 aliphatic heterocycles. The minimum Gasteiger partial charge on any atom is -0.345 e. The predicted molar refractivity (Wildman–Crippen MR) is 111 cm³/mol. The smallest absolute Gasteiger partial charge is 0.0931 e. The summed E-state index contributed by atoms with van der Waals surface area (Å²) in [5.41, 5.74) is 10.2. The largest absolute Gasteiger partial charge is 0.345 e. The second-order valence-electron chi connectivity index (χ2n) is 7.54. The van der Waals surface area contributed by atoms with Crippen molar-refractivity contribution in [3.05, 3.63) is 89.2 Å². The van der Waals surface area contributed by atoms with E-state index in [1.165, 1.54) is 33.4 Å². The maximum atomic E-state index is 4.30. The van der Waals surface area contributed by atoms with Crippen LogP contribution in [-0.2, 0) is 19.4 Å². The Bertz CT molecular complexity index is 1080. The van der Waals surface area contributed by atoms with Crippen molar-refractivity contribution in [1.29, 1.82) is 0 Å². The molecule has 3 aromatic carbocycles. The first-order valence-electron chi connectivity index (χ1n) is 9.59. The molecule has 1 aromatic heterocycles. The lowest BCUT2D eigenvalue weighted by molar-refractivity contribution is 0.533. The first-order chi connectivity index (χ1) is 13.3. The number of aromatic amines is 1. The van der Waals surface area contributed by atoms with Crippen LogP contribution >= 0.6 is 0 Å². The van der Waals surface area contributed by atoms with E-state index in [2.05, 4.69) is 82.9 Å². The van der Waals surface area contributed by atoms with Crippen molar-refractivity contribution in [2.75, 3.05) is 0 Å². The number of H-pyrrole nitrogens is 1. The molecule has 2 N–H and O–H groups in total. The monoisotopic (exact) mass is 353 g/mol. The molecule has 0 radical (unpaired) electrons. The van der Waals surface area contributed by atoms with Gasteiger partial charge in [0.05, 0.1) is 17.4 Å². The second-order valence-corrected chi connectivity index (χ2v) is 7.54. The summed E-state index contributed by atoms with van der Waals surface area (Å²) in [5.74, 6) is 0. The third-order valence-electron chi connectivity index (χ3n) is 5.67. The molecule has 27 heavy (non-hydrogen) atoms. The lowest BCUT2D eigenvalue weighted by Gasteiger charge is -2.14. The van der Waals surface area contributed by atoms with Crippen LogP contribution in [0.4, 0.5) is 0 Å². The van der Waals surface area contributed by atoms with Crippen molar-refractivity contribution in [1.82, 2.24) is 15.3 Å². The van der Waals surface area contributed by atoms with Crippen LogP contribution in [0.2, 0.25) is 0 Å². The number of nitrogens with zero attached hydrogens (tertiary/aromatic N) is 1. The minimum absolute atomic E-state index is 0.546. The molecule has 0 atom stereocenters. The molecule has 0 fully saturated rings. The van der Waals surface area contributed by atoms with Gasteiger partial charge in [-0.2, -0.15) is 0 Å². The highest BCUT2D eigenvalue weighted by Crippen LogP contribution is 2.27. The first kappa shape index (κ1) is 16.3. The molecule has 3 heteroatoms. The summed E-state index contributed by atoms with van der Waals surface area (Å²) >= 11 is 0. The van der Waals surface area contributed by atoms with Crippen LogP contribution in [-0.4, -0.2) is 16.0 Å². The van der Waals surface area contributed by atoms with Crippen LogP contribution in [0.15, 0.2) is 67.0 Å².